The largest absolute Gasteiger partial charge is 0.302 e. The lowest BCUT2D eigenvalue weighted by Crippen LogP contribution is -2.20. The van der Waals surface area contributed by atoms with Gasteiger partial charge in [-0.1, -0.05) is 37.3 Å². The quantitative estimate of drug-likeness (QED) is 0.633. The average molecular weight is 165 g/mol. The van der Waals surface area contributed by atoms with Gasteiger partial charge in [-0.2, -0.15) is 5.06 Å². The second kappa shape index (κ2) is 4.91. The van der Waals surface area contributed by atoms with Gasteiger partial charge in [-0.25, -0.2) is 0 Å². The molecule has 0 aliphatic carbocycles. The van der Waals surface area contributed by atoms with Crippen molar-refractivity contribution >= 4 is 0 Å². The number of rotatable bonds is 4. The van der Waals surface area contributed by atoms with Gasteiger partial charge in [0.05, 0.1) is 7.11 Å². The van der Waals surface area contributed by atoms with Crippen molar-refractivity contribution in [1.82, 2.24) is 5.06 Å². The summed E-state index contributed by atoms with van der Waals surface area (Å²) in [6.07, 6.45) is 0. The highest BCUT2D eigenvalue weighted by molar-refractivity contribution is 5.13. The molecular formula is C10H15NO. The van der Waals surface area contributed by atoms with Crippen molar-refractivity contribution < 1.29 is 4.84 Å². The van der Waals surface area contributed by atoms with Gasteiger partial charge < -0.3 is 4.84 Å². The summed E-state index contributed by atoms with van der Waals surface area (Å²) in [7, 11) is 1.70. The highest BCUT2D eigenvalue weighted by Gasteiger charge is 1.99. The van der Waals surface area contributed by atoms with E-state index >= 15 is 0 Å². The van der Waals surface area contributed by atoms with Crippen LogP contribution in [0.3, 0.4) is 0 Å². The maximum atomic E-state index is 5.14. The molecular weight excluding hydrogens is 150 g/mol. The van der Waals surface area contributed by atoms with Crippen molar-refractivity contribution in [2.45, 2.75) is 13.5 Å². The van der Waals surface area contributed by atoms with Gasteiger partial charge >= 0.3 is 0 Å². The zero-order valence-corrected chi connectivity index (χ0v) is 7.66. The number of hydroxylamine groups is 2. The minimum absolute atomic E-state index is 0.855. The first kappa shape index (κ1) is 9.23. The van der Waals surface area contributed by atoms with E-state index < -0.39 is 0 Å². The van der Waals surface area contributed by atoms with Gasteiger partial charge in [0.1, 0.15) is 0 Å². The van der Waals surface area contributed by atoms with E-state index in [-0.39, 0.29) is 0 Å². The number of hydrogen-bond acceptors (Lipinski definition) is 2. The molecule has 0 radical (unpaired) electrons. The standard InChI is InChI=1S/C10H15NO/c1-3-11(12-2)9-10-7-5-4-6-8-10/h4-8H,3,9H2,1-2H3. The van der Waals surface area contributed by atoms with Crippen LogP contribution < -0.4 is 0 Å². The van der Waals surface area contributed by atoms with Crippen LogP contribution in [0.15, 0.2) is 30.3 Å². The lowest BCUT2D eigenvalue weighted by molar-refractivity contribution is -0.135. The fraction of sp³-hybridized carbons (Fsp3) is 0.400. The molecule has 0 bridgehead atoms. The van der Waals surface area contributed by atoms with Crippen LogP contribution in [0.5, 0.6) is 0 Å². The molecule has 12 heavy (non-hydrogen) atoms. The normalized spacial score (nSPS) is 10.6. The lowest BCUT2D eigenvalue weighted by Gasteiger charge is -2.16. The third kappa shape index (κ3) is 2.64. The maximum Gasteiger partial charge on any atom is 0.0575 e. The predicted octanol–water partition coefficient (Wildman–Crippen LogP) is 2.07. The van der Waals surface area contributed by atoms with Crippen molar-refractivity contribution in [3.63, 3.8) is 0 Å². The third-order valence-electron chi connectivity index (χ3n) is 1.81. The first-order valence-electron chi connectivity index (χ1n) is 4.19. The Hall–Kier alpha value is -0.860. The minimum Gasteiger partial charge on any atom is -0.302 e. The van der Waals surface area contributed by atoms with Crippen LogP contribution in [0.25, 0.3) is 0 Å². The summed E-state index contributed by atoms with van der Waals surface area (Å²) in [6, 6.07) is 10.3. The molecule has 0 fully saturated rings. The Kier molecular flexibility index (Phi) is 3.77. The number of nitrogens with zero attached hydrogens (tertiary/aromatic N) is 1. The van der Waals surface area contributed by atoms with E-state index in [4.69, 9.17) is 4.84 Å². The van der Waals surface area contributed by atoms with E-state index in [0.29, 0.717) is 0 Å². The van der Waals surface area contributed by atoms with Gasteiger partial charge in [0.25, 0.3) is 0 Å². The van der Waals surface area contributed by atoms with Crippen LogP contribution in [0, 0.1) is 0 Å². The Morgan fingerprint density at radius 1 is 1.25 bits per heavy atom. The fourth-order valence-electron chi connectivity index (χ4n) is 1.09. The SMILES string of the molecule is CCN(Cc1ccccc1)OC. The minimum atomic E-state index is 0.855. The molecule has 66 valence electrons. The Morgan fingerprint density at radius 2 is 1.92 bits per heavy atom. The molecule has 0 spiro atoms. The fourth-order valence-corrected chi connectivity index (χ4v) is 1.09. The molecule has 2 nitrogen and oxygen atoms in total. The first-order valence-corrected chi connectivity index (χ1v) is 4.19. The molecule has 0 N–H and O–H groups in total. The van der Waals surface area contributed by atoms with Gasteiger partial charge in [0.2, 0.25) is 0 Å². The van der Waals surface area contributed by atoms with E-state index in [9.17, 15) is 0 Å². The highest BCUT2D eigenvalue weighted by atomic mass is 16.7. The molecule has 0 atom stereocenters. The zero-order chi connectivity index (χ0) is 8.81. The topological polar surface area (TPSA) is 12.5 Å². The van der Waals surface area contributed by atoms with Gasteiger partial charge in [-0.3, -0.25) is 0 Å². The summed E-state index contributed by atoms with van der Waals surface area (Å²) in [6.45, 7) is 3.84. The molecule has 1 rings (SSSR count). The molecule has 0 amide bonds. The van der Waals surface area contributed by atoms with Crippen LogP contribution in [0.4, 0.5) is 0 Å². The summed E-state index contributed by atoms with van der Waals surface area (Å²) in [4.78, 5) is 5.14. The summed E-state index contributed by atoms with van der Waals surface area (Å²) < 4.78 is 0. The second-order valence-corrected chi connectivity index (χ2v) is 2.62. The van der Waals surface area contributed by atoms with Crippen molar-refractivity contribution in [3.05, 3.63) is 35.9 Å². The molecule has 1 aromatic rings. The second-order valence-electron chi connectivity index (χ2n) is 2.62. The van der Waals surface area contributed by atoms with Crippen LogP contribution in [-0.2, 0) is 11.4 Å². The van der Waals surface area contributed by atoms with E-state index in [1.807, 2.05) is 23.3 Å². The zero-order valence-electron chi connectivity index (χ0n) is 7.66. The van der Waals surface area contributed by atoms with E-state index in [0.717, 1.165) is 13.1 Å². The highest BCUT2D eigenvalue weighted by Crippen LogP contribution is 2.03. The molecule has 0 saturated heterocycles. The van der Waals surface area contributed by atoms with E-state index in [2.05, 4.69) is 19.1 Å². The summed E-state index contributed by atoms with van der Waals surface area (Å²) in [5.41, 5.74) is 1.28. The average Bonchev–Trinajstić information content (AvgIpc) is 2.16. The summed E-state index contributed by atoms with van der Waals surface area (Å²) in [5, 5.41) is 1.91. The lowest BCUT2D eigenvalue weighted by atomic mass is 10.2. The Morgan fingerprint density at radius 3 is 2.42 bits per heavy atom. The molecule has 0 aliphatic heterocycles. The molecule has 0 heterocycles. The third-order valence-corrected chi connectivity index (χ3v) is 1.81. The van der Waals surface area contributed by atoms with Gasteiger partial charge in [-0.15, -0.1) is 0 Å². The molecule has 0 saturated carbocycles. The Bertz CT molecular complexity index is 206. The molecule has 0 aromatic heterocycles. The monoisotopic (exact) mass is 165 g/mol. The van der Waals surface area contributed by atoms with Crippen molar-refractivity contribution in [2.24, 2.45) is 0 Å². The van der Waals surface area contributed by atoms with E-state index in [1.165, 1.54) is 5.56 Å². The summed E-state index contributed by atoms with van der Waals surface area (Å²) >= 11 is 0. The van der Waals surface area contributed by atoms with Crippen LogP contribution in [0.2, 0.25) is 0 Å². The van der Waals surface area contributed by atoms with Crippen LogP contribution >= 0.6 is 0 Å². The molecule has 0 unspecified atom stereocenters. The Labute approximate surface area is 73.7 Å². The maximum absolute atomic E-state index is 5.14. The molecule has 1 aromatic carbocycles. The van der Waals surface area contributed by atoms with Crippen LogP contribution in [-0.4, -0.2) is 18.7 Å². The van der Waals surface area contributed by atoms with Gasteiger partial charge in [-0.05, 0) is 5.56 Å². The predicted molar refractivity (Wildman–Crippen MR) is 49.5 cm³/mol. The van der Waals surface area contributed by atoms with Crippen LogP contribution in [0.1, 0.15) is 12.5 Å². The van der Waals surface area contributed by atoms with Crippen molar-refractivity contribution in [2.75, 3.05) is 13.7 Å². The van der Waals surface area contributed by atoms with E-state index in [1.54, 1.807) is 7.11 Å². The van der Waals surface area contributed by atoms with Crippen molar-refractivity contribution in [1.29, 1.82) is 0 Å². The smallest absolute Gasteiger partial charge is 0.0575 e. The first-order chi connectivity index (χ1) is 5.86. The molecule has 0 aliphatic rings. The van der Waals surface area contributed by atoms with Gasteiger partial charge in [0.15, 0.2) is 0 Å². The van der Waals surface area contributed by atoms with Gasteiger partial charge in [0, 0.05) is 13.1 Å². The molecule has 2 heteroatoms. The summed E-state index contributed by atoms with van der Waals surface area (Å²) in [5.74, 6) is 0. The van der Waals surface area contributed by atoms with Crippen molar-refractivity contribution in [3.8, 4) is 0 Å². The Balaban J connectivity index is 2.51. The number of benzene rings is 1. The number of hydrogen-bond donors (Lipinski definition) is 0.